The van der Waals surface area contributed by atoms with E-state index in [-0.39, 0.29) is 6.04 Å². The summed E-state index contributed by atoms with van der Waals surface area (Å²) in [6.45, 7) is 0.385. The lowest BCUT2D eigenvalue weighted by Gasteiger charge is -2.07. The zero-order chi connectivity index (χ0) is 8.27. The molecule has 1 rings (SSSR count). The highest BCUT2D eigenvalue weighted by Crippen LogP contribution is 2.08. The zero-order valence-electron chi connectivity index (χ0n) is 6.20. The van der Waals surface area contributed by atoms with Gasteiger partial charge in [-0.3, -0.25) is 4.98 Å². The van der Waals surface area contributed by atoms with Crippen LogP contribution in [0.4, 0.5) is 5.69 Å². The first kappa shape index (κ1) is 7.97. The molecule has 0 saturated heterocycles. The first-order chi connectivity index (χ1) is 5.24. The van der Waals surface area contributed by atoms with Gasteiger partial charge in [-0.15, -0.1) is 0 Å². The predicted molar refractivity (Wildman–Crippen MR) is 44.6 cm³/mol. The molecule has 60 valence electrons. The van der Waals surface area contributed by atoms with Gasteiger partial charge in [0.2, 0.25) is 0 Å². The van der Waals surface area contributed by atoms with Gasteiger partial charge in [-0.05, 0) is 12.1 Å². The van der Waals surface area contributed by atoms with Crippen molar-refractivity contribution in [2.45, 2.75) is 6.04 Å². The molecule has 0 fully saturated rings. The van der Waals surface area contributed by atoms with Gasteiger partial charge in [0.25, 0.3) is 0 Å². The molecule has 0 aliphatic carbocycles. The Bertz CT molecular complexity index is 236. The maximum Gasteiger partial charge on any atom is 0.0604 e. The number of aromatic nitrogens is 1. The molecular weight excluding hydrogens is 140 g/mol. The van der Waals surface area contributed by atoms with Gasteiger partial charge in [-0.2, -0.15) is 0 Å². The van der Waals surface area contributed by atoms with Crippen LogP contribution in [0, 0.1) is 0 Å². The quantitative estimate of drug-likeness (QED) is 0.539. The van der Waals surface area contributed by atoms with Crippen LogP contribution in [0.15, 0.2) is 18.3 Å². The van der Waals surface area contributed by atoms with Crippen LogP contribution in [-0.4, -0.2) is 11.5 Å². The number of anilines is 1. The fraction of sp³-hybridized carbons (Fsp3) is 0.286. The highest BCUT2D eigenvalue weighted by molar-refractivity contribution is 5.37. The topological polar surface area (TPSA) is 91.0 Å². The monoisotopic (exact) mass is 152 g/mol. The van der Waals surface area contributed by atoms with Gasteiger partial charge in [0, 0.05) is 18.4 Å². The molecule has 11 heavy (non-hydrogen) atoms. The summed E-state index contributed by atoms with van der Waals surface area (Å²) in [4.78, 5) is 4.03. The van der Waals surface area contributed by atoms with Crippen molar-refractivity contribution >= 4 is 5.69 Å². The third kappa shape index (κ3) is 1.89. The number of nitrogen functional groups attached to an aromatic ring is 1. The van der Waals surface area contributed by atoms with E-state index in [0.717, 1.165) is 5.69 Å². The van der Waals surface area contributed by atoms with Crippen LogP contribution in [0.25, 0.3) is 0 Å². The largest absolute Gasteiger partial charge is 0.399 e. The Morgan fingerprint density at radius 1 is 1.55 bits per heavy atom. The van der Waals surface area contributed by atoms with Crippen LogP contribution in [0.1, 0.15) is 11.7 Å². The van der Waals surface area contributed by atoms with Crippen LogP contribution in [0.2, 0.25) is 0 Å². The molecule has 1 atom stereocenters. The number of nitrogens with zero attached hydrogens (tertiary/aromatic N) is 1. The molecule has 4 heteroatoms. The number of hydrogen-bond donors (Lipinski definition) is 3. The van der Waals surface area contributed by atoms with Gasteiger partial charge < -0.3 is 17.2 Å². The SMILES string of the molecule is NC[C@@H](N)c1cc(N)ccn1. The molecule has 1 heterocycles. The molecule has 0 amide bonds. The minimum absolute atomic E-state index is 0.210. The van der Waals surface area contributed by atoms with Gasteiger partial charge >= 0.3 is 0 Å². The first-order valence-electron chi connectivity index (χ1n) is 3.41. The lowest BCUT2D eigenvalue weighted by molar-refractivity contribution is 0.711. The predicted octanol–water partition coefficient (Wildman–Crippen LogP) is -0.378. The maximum atomic E-state index is 5.62. The van der Waals surface area contributed by atoms with E-state index in [9.17, 15) is 0 Å². The van der Waals surface area contributed by atoms with Crippen molar-refractivity contribution in [2.24, 2.45) is 11.5 Å². The Hall–Kier alpha value is -1.13. The second-order valence-corrected chi connectivity index (χ2v) is 2.36. The van der Waals surface area contributed by atoms with Crippen molar-refractivity contribution in [1.82, 2.24) is 4.98 Å². The number of rotatable bonds is 2. The van der Waals surface area contributed by atoms with E-state index < -0.39 is 0 Å². The van der Waals surface area contributed by atoms with E-state index in [4.69, 9.17) is 17.2 Å². The third-order valence-corrected chi connectivity index (χ3v) is 1.44. The van der Waals surface area contributed by atoms with Crippen molar-refractivity contribution in [3.63, 3.8) is 0 Å². The van der Waals surface area contributed by atoms with Crippen molar-refractivity contribution < 1.29 is 0 Å². The Morgan fingerprint density at radius 3 is 2.82 bits per heavy atom. The Balaban J connectivity index is 2.86. The molecule has 1 aromatic rings. The Labute approximate surface area is 65.4 Å². The fourth-order valence-corrected chi connectivity index (χ4v) is 0.789. The third-order valence-electron chi connectivity index (χ3n) is 1.44. The average molecular weight is 152 g/mol. The van der Waals surface area contributed by atoms with Crippen molar-refractivity contribution in [3.05, 3.63) is 24.0 Å². The molecule has 4 nitrogen and oxygen atoms in total. The minimum atomic E-state index is -0.210. The molecule has 0 saturated carbocycles. The van der Waals surface area contributed by atoms with Crippen LogP contribution in [0.3, 0.4) is 0 Å². The van der Waals surface area contributed by atoms with Gasteiger partial charge in [-0.1, -0.05) is 0 Å². The second-order valence-electron chi connectivity index (χ2n) is 2.36. The van der Waals surface area contributed by atoms with Gasteiger partial charge in [0.15, 0.2) is 0 Å². The summed E-state index contributed by atoms with van der Waals surface area (Å²) in [5, 5.41) is 0. The average Bonchev–Trinajstić information content (AvgIpc) is 2.03. The molecule has 0 aromatic carbocycles. The first-order valence-corrected chi connectivity index (χ1v) is 3.41. The number of nitrogens with two attached hydrogens (primary N) is 3. The van der Waals surface area contributed by atoms with Crippen LogP contribution >= 0.6 is 0 Å². The second kappa shape index (κ2) is 3.32. The van der Waals surface area contributed by atoms with Crippen molar-refractivity contribution in [2.75, 3.05) is 12.3 Å². The fourth-order valence-electron chi connectivity index (χ4n) is 0.789. The van der Waals surface area contributed by atoms with E-state index in [1.807, 2.05) is 0 Å². The summed E-state index contributed by atoms with van der Waals surface area (Å²) in [6, 6.07) is 3.24. The van der Waals surface area contributed by atoms with Crippen LogP contribution < -0.4 is 17.2 Å². The summed E-state index contributed by atoms with van der Waals surface area (Å²) in [6.07, 6.45) is 1.63. The van der Waals surface area contributed by atoms with Crippen LogP contribution in [-0.2, 0) is 0 Å². The lowest BCUT2D eigenvalue weighted by Crippen LogP contribution is -2.21. The van der Waals surface area contributed by atoms with Crippen LogP contribution in [0.5, 0.6) is 0 Å². The molecule has 0 unspecified atom stereocenters. The highest BCUT2D eigenvalue weighted by Gasteiger charge is 2.03. The van der Waals surface area contributed by atoms with Gasteiger partial charge in [-0.25, -0.2) is 0 Å². The van der Waals surface area contributed by atoms with E-state index >= 15 is 0 Å². The summed E-state index contributed by atoms with van der Waals surface area (Å²) < 4.78 is 0. The maximum absolute atomic E-state index is 5.62. The molecule has 0 bridgehead atoms. The molecule has 1 aromatic heterocycles. The minimum Gasteiger partial charge on any atom is -0.399 e. The highest BCUT2D eigenvalue weighted by atomic mass is 14.8. The molecule has 6 N–H and O–H groups in total. The molecule has 0 aliphatic heterocycles. The van der Waals surface area contributed by atoms with E-state index in [0.29, 0.717) is 12.2 Å². The number of hydrogen-bond acceptors (Lipinski definition) is 4. The molecule has 0 spiro atoms. The normalized spacial score (nSPS) is 12.9. The molecule has 0 radical (unpaired) electrons. The Morgan fingerprint density at radius 2 is 2.27 bits per heavy atom. The summed E-state index contributed by atoms with van der Waals surface area (Å²) in [7, 11) is 0. The summed E-state index contributed by atoms with van der Waals surface area (Å²) in [5.74, 6) is 0. The van der Waals surface area contributed by atoms with E-state index in [1.54, 1.807) is 18.3 Å². The van der Waals surface area contributed by atoms with Gasteiger partial charge in [0.1, 0.15) is 0 Å². The van der Waals surface area contributed by atoms with Gasteiger partial charge in [0.05, 0.1) is 11.7 Å². The zero-order valence-corrected chi connectivity index (χ0v) is 6.20. The standard InChI is InChI=1S/C7H12N4/c8-4-6(10)7-3-5(9)1-2-11-7/h1-3,6H,4,8,10H2,(H2,9,11)/t6-/m1/s1. The van der Waals surface area contributed by atoms with Crippen molar-refractivity contribution in [3.8, 4) is 0 Å². The van der Waals surface area contributed by atoms with E-state index in [2.05, 4.69) is 4.98 Å². The lowest BCUT2D eigenvalue weighted by atomic mass is 10.2. The smallest absolute Gasteiger partial charge is 0.0604 e. The molecule has 0 aliphatic rings. The Kier molecular flexibility index (Phi) is 2.40. The summed E-state index contributed by atoms with van der Waals surface area (Å²) >= 11 is 0. The number of pyridine rings is 1. The molecular formula is C7H12N4. The summed E-state index contributed by atoms with van der Waals surface area (Å²) in [5.41, 5.74) is 17.9. The van der Waals surface area contributed by atoms with E-state index in [1.165, 1.54) is 0 Å². The van der Waals surface area contributed by atoms with Crippen molar-refractivity contribution in [1.29, 1.82) is 0 Å².